The first-order valence-corrected chi connectivity index (χ1v) is 5.24. The van der Waals surface area contributed by atoms with Gasteiger partial charge in [0.15, 0.2) is 0 Å². The maximum atomic E-state index is 5.91. The van der Waals surface area contributed by atoms with Crippen molar-refractivity contribution < 1.29 is 0 Å². The van der Waals surface area contributed by atoms with Crippen molar-refractivity contribution in [3.05, 3.63) is 28.8 Å². The van der Waals surface area contributed by atoms with E-state index in [2.05, 4.69) is 19.2 Å². The van der Waals surface area contributed by atoms with Gasteiger partial charge < -0.3 is 11.1 Å². The zero-order valence-electron chi connectivity index (χ0n) is 8.68. The summed E-state index contributed by atoms with van der Waals surface area (Å²) in [4.78, 5) is 0. The number of halogens is 1. The average molecular weight is 213 g/mol. The normalized spacial score (nSPS) is 12.6. The van der Waals surface area contributed by atoms with E-state index in [1.165, 1.54) is 5.56 Å². The lowest BCUT2D eigenvalue weighted by molar-refractivity contribution is 0.716. The molecule has 14 heavy (non-hydrogen) atoms. The monoisotopic (exact) mass is 212 g/mol. The molecule has 0 aliphatic heterocycles. The predicted molar refractivity (Wildman–Crippen MR) is 62.9 cm³/mol. The van der Waals surface area contributed by atoms with E-state index >= 15 is 0 Å². The molecule has 1 aromatic carbocycles. The Bertz CT molecular complexity index is 299. The van der Waals surface area contributed by atoms with Crippen LogP contribution in [0.4, 0.5) is 5.69 Å². The Hall–Kier alpha value is -0.730. The quantitative estimate of drug-likeness (QED) is 0.806. The Morgan fingerprint density at radius 2 is 2.21 bits per heavy atom. The largest absolute Gasteiger partial charge is 0.382 e. The fraction of sp³-hybridized carbons (Fsp3) is 0.455. The molecular formula is C11H17ClN2. The van der Waals surface area contributed by atoms with E-state index in [-0.39, 0.29) is 0 Å². The Labute approximate surface area is 90.4 Å². The second-order valence-electron chi connectivity index (χ2n) is 3.58. The van der Waals surface area contributed by atoms with Crippen LogP contribution < -0.4 is 11.1 Å². The number of rotatable bonds is 4. The summed E-state index contributed by atoms with van der Waals surface area (Å²) in [5.74, 6) is 0. The minimum Gasteiger partial charge on any atom is -0.382 e. The van der Waals surface area contributed by atoms with Crippen molar-refractivity contribution in [2.45, 2.75) is 26.3 Å². The van der Waals surface area contributed by atoms with Gasteiger partial charge in [-0.25, -0.2) is 0 Å². The van der Waals surface area contributed by atoms with E-state index < -0.39 is 0 Å². The third-order valence-corrected chi connectivity index (χ3v) is 2.44. The first-order chi connectivity index (χ1) is 6.63. The third-order valence-electron chi connectivity index (χ3n) is 2.20. The van der Waals surface area contributed by atoms with Gasteiger partial charge in [0.2, 0.25) is 0 Å². The second-order valence-corrected chi connectivity index (χ2v) is 4.02. The minimum absolute atomic E-state index is 0.386. The van der Waals surface area contributed by atoms with Crippen molar-refractivity contribution in [1.29, 1.82) is 0 Å². The molecule has 78 valence electrons. The van der Waals surface area contributed by atoms with Gasteiger partial charge in [-0.2, -0.15) is 0 Å². The number of hydrogen-bond acceptors (Lipinski definition) is 2. The highest BCUT2D eigenvalue weighted by Crippen LogP contribution is 2.21. The summed E-state index contributed by atoms with van der Waals surface area (Å²) in [6.07, 6.45) is 0.964. The second kappa shape index (κ2) is 5.23. The molecule has 0 aliphatic carbocycles. The third kappa shape index (κ3) is 3.20. The lowest BCUT2D eigenvalue weighted by Crippen LogP contribution is -2.19. The van der Waals surface area contributed by atoms with Crippen molar-refractivity contribution in [3.8, 4) is 0 Å². The summed E-state index contributed by atoms with van der Waals surface area (Å²) in [7, 11) is 0. The number of benzene rings is 1. The first kappa shape index (κ1) is 11.3. The van der Waals surface area contributed by atoms with Crippen LogP contribution in [0.1, 0.15) is 18.9 Å². The fourth-order valence-corrected chi connectivity index (χ4v) is 1.51. The summed E-state index contributed by atoms with van der Waals surface area (Å²) in [5, 5.41) is 4.15. The van der Waals surface area contributed by atoms with Crippen LogP contribution in [0.3, 0.4) is 0 Å². The molecule has 0 radical (unpaired) electrons. The summed E-state index contributed by atoms with van der Waals surface area (Å²) < 4.78 is 0. The highest BCUT2D eigenvalue weighted by Gasteiger charge is 2.03. The van der Waals surface area contributed by atoms with E-state index in [0.29, 0.717) is 12.6 Å². The number of anilines is 1. The Kier molecular flexibility index (Phi) is 4.23. The summed E-state index contributed by atoms with van der Waals surface area (Å²) in [6.45, 7) is 4.88. The molecule has 0 amide bonds. The smallest absolute Gasteiger partial charge is 0.0426 e. The molecule has 1 aromatic rings. The lowest BCUT2D eigenvalue weighted by atomic mass is 10.1. The Morgan fingerprint density at radius 1 is 1.50 bits per heavy atom. The van der Waals surface area contributed by atoms with Gasteiger partial charge >= 0.3 is 0 Å². The van der Waals surface area contributed by atoms with Crippen LogP contribution >= 0.6 is 11.6 Å². The van der Waals surface area contributed by atoms with Crippen LogP contribution in [0.25, 0.3) is 0 Å². The van der Waals surface area contributed by atoms with Gasteiger partial charge in [-0.05, 0) is 44.5 Å². The van der Waals surface area contributed by atoms with E-state index in [9.17, 15) is 0 Å². The molecule has 0 heterocycles. The molecule has 1 atom stereocenters. The molecule has 0 aromatic heterocycles. The van der Waals surface area contributed by atoms with Crippen LogP contribution in [0, 0.1) is 6.92 Å². The molecule has 0 saturated heterocycles. The summed E-state index contributed by atoms with van der Waals surface area (Å²) >= 11 is 5.91. The SMILES string of the molecule is Cc1ccc(Cl)cc1NC(C)CCN. The van der Waals surface area contributed by atoms with Crippen molar-refractivity contribution >= 4 is 17.3 Å². The number of nitrogens with two attached hydrogens (primary N) is 1. The maximum Gasteiger partial charge on any atom is 0.0426 e. The standard InChI is InChI=1S/C11H17ClN2/c1-8-3-4-10(12)7-11(8)14-9(2)5-6-13/h3-4,7,9,14H,5-6,13H2,1-2H3. The number of nitrogens with one attached hydrogen (secondary N) is 1. The highest BCUT2D eigenvalue weighted by molar-refractivity contribution is 6.30. The zero-order valence-corrected chi connectivity index (χ0v) is 9.43. The average Bonchev–Trinajstić information content (AvgIpc) is 2.12. The topological polar surface area (TPSA) is 38.0 Å². The van der Waals surface area contributed by atoms with Gasteiger partial charge in [0.05, 0.1) is 0 Å². The Balaban J connectivity index is 2.70. The van der Waals surface area contributed by atoms with Gasteiger partial charge in [0.1, 0.15) is 0 Å². The molecular weight excluding hydrogens is 196 g/mol. The number of hydrogen-bond donors (Lipinski definition) is 2. The highest BCUT2D eigenvalue weighted by atomic mass is 35.5. The maximum absolute atomic E-state index is 5.91. The van der Waals surface area contributed by atoms with Crippen LogP contribution in [0.15, 0.2) is 18.2 Å². The van der Waals surface area contributed by atoms with E-state index in [0.717, 1.165) is 17.1 Å². The number of aryl methyl sites for hydroxylation is 1. The van der Waals surface area contributed by atoms with Crippen molar-refractivity contribution in [2.24, 2.45) is 5.73 Å². The first-order valence-electron chi connectivity index (χ1n) is 4.86. The van der Waals surface area contributed by atoms with Crippen LogP contribution in [0.2, 0.25) is 5.02 Å². The molecule has 0 saturated carbocycles. The van der Waals surface area contributed by atoms with Crippen molar-refractivity contribution in [1.82, 2.24) is 0 Å². The van der Waals surface area contributed by atoms with Crippen molar-refractivity contribution in [3.63, 3.8) is 0 Å². The molecule has 2 nitrogen and oxygen atoms in total. The molecule has 1 unspecified atom stereocenters. The van der Waals surface area contributed by atoms with Gasteiger partial charge in [-0.15, -0.1) is 0 Å². The molecule has 3 N–H and O–H groups in total. The zero-order chi connectivity index (χ0) is 10.6. The van der Waals surface area contributed by atoms with Gasteiger partial charge in [-0.1, -0.05) is 17.7 Å². The van der Waals surface area contributed by atoms with E-state index in [1.807, 2.05) is 18.2 Å². The molecule has 0 bridgehead atoms. The lowest BCUT2D eigenvalue weighted by Gasteiger charge is -2.16. The van der Waals surface area contributed by atoms with E-state index in [1.54, 1.807) is 0 Å². The summed E-state index contributed by atoms with van der Waals surface area (Å²) in [5.41, 5.74) is 7.79. The van der Waals surface area contributed by atoms with Gasteiger partial charge in [0, 0.05) is 16.8 Å². The van der Waals surface area contributed by atoms with Crippen molar-refractivity contribution in [2.75, 3.05) is 11.9 Å². The molecule has 3 heteroatoms. The molecule has 0 fully saturated rings. The van der Waals surface area contributed by atoms with Crippen LogP contribution in [-0.4, -0.2) is 12.6 Å². The van der Waals surface area contributed by atoms with Crippen LogP contribution in [0.5, 0.6) is 0 Å². The predicted octanol–water partition coefficient (Wildman–Crippen LogP) is 2.80. The summed E-state index contributed by atoms with van der Waals surface area (Å²) in [6, 6.07) is 6.25. The van der Waals surface area contributed by atoms with E-state index in [4.69, 9.17) is 17.3 Å². The fourth-order valence-electron chi connectivity index (χ4n) is 1.34. The molecule has 0 spiro atoms. The van der Waals surface area contributed by atoms with Gasteiger partial charge in [-0.3, -0.25) is 0 Å². The minimum atomic E-state index is 0.386. The van der Waals surface area contributed by atoms with Crippen LogP contribution in [-0.2, 0) is 0 Å². The molecule has 0 aliphatic rings. The van der Waals surface area contributed by atoms with Gasteiger partial charge in [0.25, 0.3) is 0 Å². The Morgan fingerprint density at radius 3 is 2.86 bits per heavy atom. The molecule has 1 rings (SSSR count).